The summed E-state index contributed by atoms with van der Waals surface area (Å²) in [4.78, 5) is 2.70. The molecule has 3 atom stereocenters. The van der Waals surface area contributed by atoms with E-state index in [1.54, 1.807) is 0 Å². The van der Waals surface area contributed by atoms with E-state index in [4.69, 9.17) is 4.74 Å². The quantitative estimate of drug-likeness (QED) is 0.848. The van der Waals surface area contributed by atoms with Crippen molar-refractivity contribution >= 4 is 0 Å². The topological polar surface area (TPSA) is 24.5 Å². The first-order valence-electron chi connectivity index (χ1n) is 8.08. The Morgan fingerprint density at radius 1 is 1.26 bits per heavy atom. The predicted molar refractivity (Wildman–Crippen MR) is 80.5 cm³/mol. The number of hydrogen-bond donors (Lipinski definition) is 1. The molecule has 0 aromatic carbocycles. The van der Waals surface area contributed by atoms with Crippen LogP contribution in [0.4, 0.5) is 0 Å². The fourth-order valence-electron chi connectivity index (χ4n) is 4.10. The second kappa shape index (κ2) is 6.55. The minimum absolute atomic E-state index is 0.416. The summed E-state index contributed by atoms with van der Waals surface area (Å²) < 4.78 is 5.60. The predicted octanol–water partition coefficient (Wildman–Crippen LogP) is 2.65. The monoisotopic (exact) mass is 268 g/mol. The van der Waals surface area contributed by atoms with E-state index < -0.39 is 0 Å². The van der Waals surface area contributed by atoms with Crippen molar-refractivity contribution in [1.82, 2.24) is 10.2 Å². The molecule has 1 heterocycles. The van der Waals surface area contributed by atoms with Crippen LogP contribution in [-0.4, -0.2) is 49.8 Å². The molecule has 0 radical (unpaired) electrons. The van der Waals surface area contributed by atoms with Gasteiger partial charge in [0.1, 0.15) is 0 Å². The van der Waals surface area contributed by atoms with Crippen LogP contribution in [0.1, 0.15) is 52.9 Å². The Morgan fingerprint density at radius 2 is 2.05 bits per heavy atom. The van der Waals surface area contributed by atoms with Crippen molar-refractivity contribution in [1.29, 1.82) is 0 Å². The van der Waals surface area contributed by atoms with Crippen LogP contribution in [0.5, 0.6) is 0 Å². The van der Waals surface area contributed by atoms with Gasteiger partial charge in [-0.15, -0.1) is 0 Å². The molecular weight excluding hydrogens is 236 g/mol. The molecule has 2 rings (SSSR count). The van der Waals surface area contributed by atoms with Crippen molar-refractivity contribution in [3.63, 3.8) is 0 Å². The first-order chi connectivity index (χ1) is 9.08. The molecule has 3 nitrogen and oxygen atoms in total. The number of ether oxygens (including phenoxy) is 1. The standard InChI is InChI=1S/C16H32N2O/c1-5-17-15-14(9-6-10-16(15,2)3)18-11-7-8-13(12-18)19-4/h13-15,17H,5-12H2,1-4H3. The number of methoxy groups -OCH3 is 1. The summed E-state index contributed by atoms with van der Waals surface area (Å²) in [5, 5.41) is 3.77. The van der Waals surface area contributed by atoms with E-state index in [-0.39, 0.29) is 0 Å². The highest BCUT2D eigenvalue weighted by atomic mass is 16.5. The van der Waals surface area contributed by atoms with Crippen molar-refractivity contribution in [3.05, 3.63) is 0 Å². The van der Waals surface area contributed by atoms with Crippen molar-refractivity contribution in [2.24, 2.45) is 5.41 Å². The molecule has 1 saturated carbocycles. The lowest BCUT2D eigenvalue weighted by Gasteiger charge is -2.50. The van der Waals surface area contributed by atoms with Crippen molar-refractivity contribution < 1.29 is 4.74 Å². The lowest BCUT2D eigenvalue weighted by atomic mass is 9.70. The number of likely N-dealkylation sites (N-methyl/N-ethyl adjacent to an activating group) is 1. The van der Waals surface area contributed by atoms with E-state index in [1.165, 1.54) is 38.6 Å². The van der Waals surface area contributed by atoms with Crippen LogP contribution in [0.2, 0.25) is 0 Å². The third-order valence-corrected chi connectivity index (χ3v) is 5.18. The lowest BCUT2D eigenvalue weighted by molar-refractivity contribution is -0.0195. The number of piperidine rings is 1. The highest BCUT2D eigenvalue weighted by Gasteiger charge is 2.41. The van der Waals surface area contributed by atoms with Crippen LogP contribution in [-0.2, 0) is 4.74 Å². The summed E-state index contributed by atoms with van der Waals surface area (Å²) in [7, 11) is 1.86. The van der Waals surface area contributed by atoms with Gasteiger partial charge in [-0.25, -0.2) is 0 Å². The van der Waals surface area contributed by atoms with Crippen LogP contribution < -0.4 is 5.32 Å². The molecule has 1 aliphatic carbocycles. The minimum atomic E-state index is 0.416. The Kier molecular flexibility index (Phi) is 5.27. The highest BCUT2D eigenvalue weighted by Crippen LogP contribution is 2.38. The van der Waals surface area contributed by atoms with E-state index in [0.29, 0.717) is 23.6 Å². The molecule has 1 N–H and O–H groups in total. The zero-order valence-electron chi connectivity index (χ0n) is 13.2. The lowest BCUT2D eigenvalue weighted by Crippen LogP contribution is -2.60. The van der Waals surface area contributed by atoms with Crippen LogP contribution in [0, 0.1) is 5.41 Å². The zero-order valence-corrected chi connectivity index (χ0v) is 13.2. The maximum absolute atomic E-state index is 5.60. The van der Waals surface area contributed by atoms with Gasteiger partial charge in [0.15, 0.2) is 0 Å². The average Bonchev–Trinajstić information content (AvgIpc) is 2.41. The van der Waals surface area contributed by atoms with Gasteiger partial charge < -0.3 is 10.1 Å². The number of rotatable bonds is 4. The summed E-state index contributed by atoms with van der Waals surface area (Å²) in [5.41, 5.74) is 0.416. The Bertz CT molecular complexity index is 280. The Balaban J connectivity index is 2.07. The largest absolute Gasteiger partial charge is 0.380 e. The van der Waals surface area contributed by atoms with E-state index in [2.05, 4.69) is 31.0 Å². The summed E-state index contributed by atoms with van der Waals surface area (Å²) >= 11 is 0. The maximum atomic E-state index is 5.60. The smallest absolute Gasteiger partial charge is 0.0698 e. The van der Waals surface area contributed by atoms with Crippen LogP contribution in [0.25, 0.3) is 0 Å². The van der Waals surface area contributed by atoms with Gasteiger partial charge >= 0.3 is 0 Å². The van der Waals surface area contributed by atoms with Crippen molar-refractivity contribution in [3.8, 4) is 0 Å². The summed E-state index contributed by atoms with van der Waals surface area (Å²) in [6.45, 7) is 10.6. The average molecular weight is 268 g/mol. The number of nitrogens with one attached hydrogen (secondary N) is 1. The van der Waals surface area contributed by atoms with Crippen LogP contribution in [0.3, 0.4) is 0 Å². The van der Waals surface area contributed by atoms with Gasteiger partial charge in [0.25, 0.3) is 0 Å². The molecule has 19 heavy (non-hydrogen) atoms. The molecule has 0 spiro atoms. The molecular formula is C16H32N2O. The molecule has 0 bridgehead atoms. The number of hydrogen-bond acceptors (Lipinski definition) is 3. The van der Waals surface area contributed by atoms with Gasteiger partial charge in [0.2, 0.25) is 0 Å². The summed E-state index contributed by atoms with van der Waals surface area (Å²) in [5.74, 6) is 0. The van der Waals surface area contributed by atoms with Gasteiger partial charge in [-0.2, -0.15) is 0 Å². The van der Waals surface area contributed by atoms with Gasteiger partial charge in [-0.05, 0) is 44.2 Å². The molecule has 0 aromatic rings. The maximum Gasteiger partial charge on any atom is 0.0698 e. The van der Waals surface area contributed by atoms with Gasteiger partial charge in [-0.1, -0.05) is 27.2 Å². The van der Waals surface area contributed by atoms with E-state index in [1.807, 2.05) is 7.11 Å². The fraction of sp³-hybridized carbons (Fsp3) is 1.00. The third kappa shape index (κ3) is 3.50. The molecule has 2 aliphatic rings. The molecule has 0 aromatic heterocycles. The summed E-state index contributed by atoms with van der Waals surface area (Å²) in [6.07, 6.45) is 7.03. The van der Waals surface area contributed by atoms with E-state index in [0.717, 1.165) is 13.1 Å². The normalized spacial score (nSPS) is 36.3. The van der Waals surface area contributed by atoms with Crippen molar-refractivity contribution in [2.45, 2.75) is 71.1 Å². The molecule has 1 saturated heterocycles. The van der Waals surface area contributed by atoms with Crippen molar-refractivity contribution in [2.75, 3.05) is 26.7 Å². The molecule has 0 amide bonds. The highest BCUT2D eigenvalue weighted by molar-refractivity contribution is 4.99. The second-order valence-electron chi connectivity index (χ2n) is 6.98. The molecule has 3 heteroatoms. The zero-order chi connectivity index (χ0) is 13.9. The first kappa shape index (κ1) is 15.3. The summed E-state index contributed by atoms with van der Waals surface area (Å²) in [6, 6.07) is 1.32. The fourth-order valence-corrected chi connectivity index (χ4v) is 4.10. The minimum Gasteiger partial charge on any atom is -0.380 e. The van der Waals surface area contributed by atoms with Gasteiger partial charge in [0.05, 0.1) is 6.10 Å². The molecule has 112 valence electrons. The van der Waals surface area contributed by atoms with E-state index >= 15 is 0 Å². The number of nitrogens with zero attached hydrogens (tertiary/aromatic N) is 1. The second-order valence-corrected chi connectivity index (χ2v) is 6.98. The Hall–Kier alpha value is -0.120. The SMILES string of the molecule is CCNC1C(N2CCCC(OC)C2)CCCC1(C)C. The molecule has 1 aliphatic heterocycles. The van der Waals surface area contributed by atoms with Crippen LogP contribution in [0.15, 0.2) is 0 Å². The molecule has 2 fully saturated rings. The number of likely N-dealkylation sites (tertiary alicyclic amines) is 1. The first-order valence-corrected chi connectivity index (χ1v) is 8.08. The molecule has 3 unspecified atom stereocenters. The van der Waals surface area contributed by atoms with Gasteiger partial charge in [-0.3, -0.25) is 4.90 Å². The van der Waals surface area contributed by atoms with Gasteiger partial charge in [0, 0.05) is 25.7 Å². The Labute approximate surface area is 119 Å². The third-order valence-electron chi connectivity index (χ3n) is 5.18. The Morgan fingerprint density at radius 3 is 2.74 bits per heavy atom. The van der Waals surface area contributed by atoms with Crippen LogP contribution >= 0.6 is 0 Å². The van der Waals surface area contributed by atoms with E-state index in [9.17, 15) is 0 Å².